The summed E-state index contributed by atoms with van der Waals surface area (Å²) in [7, 11) is 7.58. The van der Waals surface area contributed by atoms with Crippen molar-refractivity contribution in [2.24, 2.45) is 0 Å². The van der Waals surface area contributed by atoms with Crippen molar-refractivity contribution in [3.05, 3.63) is 71.2 Å². The number of hydrogen-bond donors (Lipinski definition) is 2. The Hall–Kier alpha value is -4.12. The van der Waals surface area contributed by atoms with Crippen LogP contribution in [-0.4, -0.2) is 54.6 Å². The molecule has 4 aromatic rings. The van der Waals surface area contributed by atoms with E-state index >= 15 is 0 Å². The average molecular weight is 540 g/mol. The quantitative estimate of drug-likeness (QED) is 0.272. The summed E-state index contributed by atoms with van der Waals surface area (Å²) in [4.78, 5) is 17.7. The molecule has 0 fully saturated rings. The van der Waals surface area contributed by atoms with Crippen LogP contribution in [0.5, 0.6) is 5.88 Å². The van der Waals surface area contributed by atoms with Crippen molar-refractivity contribution in [2.45, 2.75) is 26.1 Å². The maximum Gasteiger partial charge on any atom is 0.416 e. The predicted molar refractivity (Wildman–Crippen MR) is 149 cm³/mol. The van der Waals surface area contributed by atoms with E-state index in [1.54, 1.807) is 20.2 Å². The number of fused-ring (bicyclic) bond motifs is 1. The van der Waals surface area contributed by atoms with E-state index in [1.165, 1.54) is 6.07 Å². The van der Waals surface area contributed by atoms with E-state index in [2.05, 4.69) is 31.2 Å². The fourth-order valence-corrected chi connectivity index (χ4v) is 4.27. The van der Waals surface area contributed by atoms with Gasteiger partial charge in [-0.3, -0.25) is 0 Å². The lowest BCUT2D eigenvalue weighted by Gasteiger charge is -2.22. The van der Waals surface area contributed by atoms with Gasteiger partial charge in [-0.15, -0.1) is 0 Å². The van der Waals surface area contributed by atoms with Crippen molar-refractivity contribution in [3.63, 3.8) is 0 Å². The molecule has 2 heterocycles. The Bertz CT molecular complexity index is 1470. The molecule has 39 heavy (non-hydrogen) atoms. The molecule has 0 amide bonds. The van der Waals surface area contributed by atoms with Gasteiger partial charge in [0, 0.05) is 42.5 Å². The van der Waals surface area contributed by atoms with Crippen LogP contribution in [0.15, 0.2) is 48.7 Å². The van der Waals surface area contributed by atoms with Crippen LogP contribution in [0.2, 0.25) is 0 Å². The maximum absolute atomic E-state index is 13.3. The van der Waals surface area contributed by atoms with Crippen LogP contribution in [-0.2, 0) is 19.1 Å². The van der Waals surface area contributed by atoms with Crippen LogP contribution in [0.4, 0.5) is 36.1 Å². The zero-order chi connectivity index (χ0) is 28.3. The van der Waals surface area contributed by atoms with Gasteiger partial charge in [-0.2, -0.15) is 13.2 Å². The number of nitrogens with zero attached hydrogens (tertiary/aromatic N) is 5. The molecule has 8 nitrogen and oxygen atoms in total. The molecule has 0 unspecified atom stereocenters. The molecule has 0 radical (unpaired) electrons. The highest BCUT2D eigenvalue weighted by Gasteiger charge is 2.31. The SMILES string of the molecule is COc1ncc(N(C)c2ccc3nc(C)nc(NCc4cc(N)cc(C(F)(F)F)c4)c3c2)cc1CCN(C)C. The van der Waals surface area contributed by atoms with Crippen LogP contribution < -0.4 is 20.7 Å². The number of nitrogens with two attached hydrogens (primary N) is 1. The van der Waals surface area contributed by atoms with Crippen LogP contribution in [0.25, 0.3) is 10.9 Å². The van der Waals surface area contributed by atoms with Crippen molar-refractivity contribution in [2.75, 3.05) is 50.7 Å². The van der Waals surface area contributed by atoms with Gasteiger partial charge in [0.25, 0.3) is 0 Å². The molecule has 4 rings (SSSR count). The molecule has 0 spiro atoms. The monoisotopic (exact) mass is 539 g/mol. The minimum Gasteiger partial charge on any atom is -0.481 e. The number of nitrogen functional groups attached to an aromatic ring is 1. The third-order valence-electron chi connectivity index (χ3n) is 6.30. The maximum atomic E-state index is 13.3. The van der Waals surface area contributed by atoms with E-state index in [-0.39, 0.29) is 12.2 Å². The second-order valence-electron chi connectivity index (χ2n) is 9.61. The van der Waals surface area contributed by atoms with Crippen LogP contribution >= 0.6 is 0 Å². The number of rotatable bonds is 9. The Kier molecular flexibility index (Phi) is 8.10. The summed E-state index contributed by atoms with van der Waals surface area (Å²) in [6, 6.07) is 11.4. The molecule has 3 N–H and O–H groups in total. The molecule has 0 aliphatic carbocycles. The first-order valence-corrected chi connectivity index (χ1v) is 12.3. The lowest BCUT2D eigenvalue weighted by Crippen LogP contribution is -2.16. The highest BCUT2D eigenvalue weighted by molar-refractivity contribution is 5.92. The zero-order valence-electron chi connectivity index (χ0n) is 22.6. The summed E-state index contributed by atoms with van der Waals surface area (Å²) < 4.78 is 45.2. The molecule has 0 bridgehead atoms. The normalized spacial score (nSPS) is 11.7. The van der Waals surface area contributed by atoms with Gasteiger partial charge in [0.05, 0.1) is 30.1 Å². The van der Waals surface area contributed by atoms with E-state index < -0.39 is 11.7 Å². The van der Waals surface area contributed by atoms with E-state index in [0.717, 1.165) is 47.4 Å². The number of methoxy groups -OCH3 is 1. The van der Waals surface area contributed by atoms with Gasteiger partial charge in [-0.1, -0.05) is 0 Å². The van der Waals surface area contributed by atoms with Crippen molar-refractivity contribution < 1.29 is 17.9 Å². The minimum atomic E-state index is -4.48. The molecule has 2 aromatic carbocycles. The summed E-state index contributed by atoms with van der Waals surface area (Å²) >= 11 is 0. The summed E-state index contributed by atoms with van der Waals surface area (Å²) in [6.07, 6.45) is -1.95. The number of aromatic nitrogens is 3. The van der Waals surface area contributed by atoms with Crippen LogP contribution in [0, 0.1) is 6.92 Å². The fourth-order valence-electron chi connectivity index (χ4n) is 4.27. The Balaban J connectivity index is 1.65. The number of hydrogen-bond acceptors (Lipinski definition) is 8. The molecule has 2 aromatic heterocycles. The lowest BCUT2D eigenvalue weighted by molar-refractivity contribution is -0.137. The summed E-state index contributed by atoms with van der Waals surface area (Å²) in [5, 5.41) is 3.92. The molecule has 11 heteroatoms. The van der Waals surface area contributed by atoms with Crippen molar-refractivity contribution >= 4 is 33.8 Å². The minimum absolute atomic E-state index is 0.0484. The van der Waals surface area contributed by atoms with Gasteiger partial charge >= 0.3 is 6.18 Å². The molecule has 0 saturated carbocycles. The van der Waals surface area contributed by atoms with E-state index in [0.29, 0.717) is 28.6 Å². The molecule has 0 saturated heterocycles. The molecule has 0 aliphatic heterocycles. The van der Waals surface area contributed by atoms with Gasteiger partial charge in [-0.25, -0.2) is 15.0 Å². The molecular weight excluding hydrogens is 507 g/mol. The third kappa shape index (κ3) is 6.66. The number of nitrogens with one attached hydrogen (secondary N) is 1. The predicted octanol–water partition coefficient (Wildman–Crippen LogP) is 5.43. The number of ether oxygens (including phenoxy) is 1. The number of alkyl halides is 3. The Labute approximate surface area is 225 Å². The average Bonchev–Trinajstić information content (AvgIpc) is 2.88. The smallest absolute Gasteiger partial charge is 0.416 e. The zero-order valence-corrected chi connectivity index (χ0v) is 22.6. The highest BCUT2D eigenvalue weighted by atomic mass is 19.4. The summed E-state index contributed by atoms with van der Waals surface area (Å²) in [5.41, 5.74) is 8.85. The Morgan fingerprint density at radius 2 is 1.77 bits per heavy atom. The number of likely N-dealkylation sites (N-methyl/N-ethyl adjacent to an activating group) is 1. The Morgan fingerprint density at radius 3 is 2.46 bits per heavy atom. The standard InChI is InChI=1S/C28H32F3N7O/c1-17-35-25-7-6-22(38(4)23-12-19(8-9-37(2)3)27(39-5)34-16-23)14-24(25)26(36-17)33-15-18-10-20(28(29,30)31)13-21(32)11-18/h6-7,10-14,16H,8-9,15,32H2,1-5H3,(H,33,35,36). The Morgan fingerprint density at radius 1 is 1.00 bits per heavy atom. The largest absolute Gasteiger partial charge is 0.481 e. The number of pyridine rings is 1. The molecular formula is C28H32F3N7O. The van der Waals surface area contributed by atoms with Crippen LogP contribution in [0.3, 0.4) is 0 Å². The topological polar surface area (TPSA) is 92.4 Å². The third-order valence-corrected chi connectivity index (χ3v) is 6.30. The number of halogens is 3. The summed E-state index contributed by atoms with van der Waals surface area (Å²) in [5.74, 6) is 1.65. The molecule has 0 atom stereocenters. The first-order chi connectivity index (χ1) is 18.4. The van der Waals surface area contributed by atoms with Crippen molar-refractivity contribution in [1.82, 2.24) is 19.9 Å². The first kappa shape index (κ1) is 27.9. The van der Waals surface area contributed by atoms with Gasteiger partial charge in [0.15, 0.2) is 0 Å². The fraction of sp³-hybridized carbons (Fsp3) is 0.321. The molecule has 206 valence electrons. The summed E-state index contributed by atoms with van der Waals surface area (Å²) in [6.45, 7) is 2.73. The first-order valence-electron chi connectivity index (χ1n) is 12.3. The van der Waals surface area contributed by atoms with Gasteiger partial charge in [-0.05, 0) is 75.5 Å². The van der Waals surface area contributed by atoms with Gasteiger partial charge in [0.2, 0.25) is 5.88 Å². The number of benzene rings is 2. The lowest BCUT2D eigenvalue weighted by atomic mass is 10.1. The van der Waals surface area contributed by atoms with E-state index in [9.17, 15) is 13.2 Å². The number of aryl methyl sites for hydroxylation is 1. The van der Waals surface area contributed by atoms with E-state index in [4.69, 9.17) is 10.5 Å². The van der Waals surface area contributed by atoms with E-state index in [1.807, 2.05) is 44.2 Å². The number of anilines is 4. The van der Waals surface area contributed by atoms with Crippen LogP contribution in [0.1, 0.15) is 22.5 Å². The molecule has 0 aliphatic rings. The van der Waals surface area contributed by atoms with Gasteiger partial charge < -0.3 is 25.6 Å². The van der Waals surface area contributed by atoms with Gasteiger partial charge in [0.1, 0.15) is 11.6 Å². The van der Waals surface area contributed by atoms with Crippen molar-refractivity contribution in [3.8, 4) is 5.88 Å². The second-order valence-corrected chi connectivity index (χ2v) is 9.61. The second kappa shape index (κ2) is 11.3. The highest BCUT2D eigenvalue weighted by Crippen LogP contribution is 2.33. The van der Waals surface area contributed by atoms with Crippen molar-refractivity contribution in [1.29, 1.82) is 0 Å².